The SMILES string of the molecule is O=C(Nc1ccc(Cc2ccc(NC(=O)c3ccccc3I)cc2)cc1)c1ccccc1I. The van der Waals surface area contributed by atoms with E-state index in [1.807, 2.05) is 97.1 Å². The summed E-state index contributed by atoms with van der Waals surface area (Å²) in [5.41, 5.74) is 5.12. The van der Waals surface area contributed by atoms with Crippen LogP contribution in [0.3, 0.4) is 0 Å². The second-order valence-corrected chi connectivity index (χ2v) is 9.76. The number of carbonyl (C=O) groups is 2. The minimum atomic E-state index is -0.115. The van der Waals surface area contributed by atoms with Crippen molar-refractivity contribution in [2.24, 2.45) is 0 Å². The summed E-state index contributed by atoms with van der Waals surface area (Å²) in [5.74, 6) is -0.230. The van der Waals surface area contributed by atoms with E-state index in [1.54, 1.807) is 0 Å². The van der Waals surface area contributed by atoms with Crippen molar-refractivity contribution >= 4 is 68.4 Å². The van der Waals surface area contributed by atoms with Crippen LogP contribution < -0.4 is 10.6 Å². The highest BCUT2D eigenvalue weighted by atomic mass is 127. The Kier molecular flexibility index (Phi) is 7.77. The molecule has 0 saturated heterocycles. The van der Waals surface area contributed by atoms with E-state index < -0.39 is 0 Å². The fourth-order valence-electron chi connectivity index (χ4n) is 3.34. The van der Waals surface area contributed by atoms with E-state index in [9.17, 15) is 9.59 Å². The highest BCUT2D eigenvalue weighted by molar-refractivity contribution is 14.1. The number of carbonyl (C=O) groups excluding carboxylic acids is 2. The number of hydrogen-bond acceptors (Lipinski definition) is 2. The Bertz CT molecular complexity index is 1190. The predicted molar refractivity (Wildman–Crippen MR) is 150 cm³/mol. The Morgan fingerprint density at radius 3 is 1.27 bits per heavy atom. The zero-order valence-electron chi connectivity index (χ0n) is 17.5. The molecule has 4 aromatic rings. The highest BCUT2D eigenvalue weighted by Crippen LogP contribution is 2.19. The predicted octanol–water partition coefficient (Wildman–Crippen LogP) is 6.99. The Morgan fingerprint density at radius 1 is 0.545 bits per heavy atom. The van der Waals surface area contributed by atoms with Gasteiger partial charge in [-0.2, -0.15) is 0 Å². The van der Waals surface area contributed by atoms with Crippen LogP contribution in [0.2, 0.25) is 0 Å². The molecule has 0 atom stereocenters. The van der Waals surface area contributed by atoms with Crippen LogP contribution >= 0.6 is 45.2 Å². The van der Waals surface area contributed by atoms with Crippen molar-refractivity contribution in [1.29, 1.82) is 0 Å². The molecule has 33 heavy (non-hydrogen) atoms. The number of anilines is 2. The average molecular weight is 658 g/mol. The van der Waals surface area contributed by atoms with Gasteiger partial charge >= 0.3 is 0 Å². The van der Waals surface area contributed by atoms with E-state index in [-0.39, 0.29) is 11.8 Å². The van der Waals surface area contributed by atoms with E-state index in [2.05, 4.69) is 55.8 Å². The zero-order chi connectivity index (χ0) is 23.2. The first-order valence-corrected chi connectivity index (χ1v) is 12.4. The van der Waals surface area contributed by atoms with Crippen LogP contribution in [0.15, 0.2) is 97.1 Å². The highest BCUT2D eigenvalue weighted by Gasteiger charge is 2.10. The summed E-state index contributed by atoms with van der Waals surface area (Å²) in [7, 11) is 0. The second-order valence-electron chi connectivity index (χ2n) is 7.44. The lowest BCUT2D eigenvalue weighted by Gasteiger charge is -2.09. The van der Waals surface area contributed by atoms with Crippen molar-refractivity contribution in [3.63, 3.8) is 0 Å². The summed E-state index contributed by atoms with van der Waals surface area (Å²) >= 11 is 4.33. The normalized spacial score (nSPS) is 10.5. The number of halogens is 2. The van der Waals surface area contributed by atoms with Gasteiger partial charge in [0, 0.05) is 18.5 Å². The third kappa shape index (κ3) is 6.20. The summed E-state index contributed by atoms with van der Waals surface area (Å²) in [6, 6.07) is 30.7. The van der Waals surface area contributed by atoms with Gasteiger partial charge in [-0.25, -0.2) is 0 Å². The molecule has 6 heteroatoms. The molecule has 4 rings (SSSR count). The molecule has 0 radical (unpaired) electrons. The van der Waals surface area contributed by atoms with Crippen molar-refractivity contribution in [2.75, 3.05) is 10.6 Å². The van der Waals surface area contributed by atoms with Crippen molar-refractivity contribution < 1.29 is 9.59 Å². The molecule has 2 N–H and O–H groups in total. The van der Waals surface area contributed by atoms with E-state index in [0.29, 0.717) is 11.1 Å². The van der Waals surface area contributed by atoms with Crippen LogP contribution in [-0.2, 0) is 6.42 Å². The number of hydrogen-bond donors (Lipinski definition) is 2. The molecule has 0 aliphatic heterocycles. The van der Waals surface area contributed by atoms with Gasteiger partial charge in [-0.05, 0) is 111 Å². The first kappa shape index (κ1) is 23.4. The van der Waals surface area contributed by atoms with Gasteiger partial charge in [-0.1, -0.05) is 48.5 Å². The van der Waals surface area contributed by atoms with Crippen LogP contribution in [0.25, 0.3) is 0 Å². The maximum absolute atomic E-state index is 12.5. The van der Waals surface area contributed by atoms with Gasteiger partial charge in [0.2, 0.25) is 0 Å². The molecule has 0 aliphatic carbocycles. The second kappa shape index (κ2) is 10.9. The fourth-order valence-corrected chi connectivity index (χ4v) is 4.60. The molecule has 0 fully saturated rings. The molecule has 0 unspecified atom stereocenters. The van der Waals surface area contributed by atoms with Crippen LogP contribution in [0, 0.1) is 7.14 Å². The topological polar surface area (TPSA) is 58.2 Å². The molecule has 4 nitrogen and oxygen atoms in total. The Balaban J connectivity index is 1.35. The van der Waals surface area contributed by atoms with E-state index in [1.165, 1.54) is 0 Å². The lowest BCUT2D eigenvalue weighted by atomic mass is 10.0. The first-order chi connectivity index (χ1) is 16.0. The fraction of sp³-hybridized carbons (Fsp3) is 0.0370. The molecule has 0 heterocycles. The first-order valence-electron chi connectivity index (χ1n) is 10.3. The van der Waals surface area contributed by atoms with Crippen LogP contribution in [0.5, 0.6) is 0 Å². The standard InChI is InChI=1S/C27H20I2N2O2/c28-24-7-3-1-5-22(24)26(32)30-20-13-9-18(10-14-20)17-19-11-15-21(16-12-19)31-27(33)23-6-2-4-8-25(23)29/h1-16H,17H2,(H,30,32)(H,31,33). The lowest BCUT2D eigenvalue weighted by molar-refractivity contribution is 0.101. The minimum Gasteiger partial charge on any atom is -0.322 e. The third-order valence-electron chi connectivity index (χ3n) is 5.07. The van der Waals surface area contributed by atoms with Gasteiger partial charge in [0.05, 0.1) is 11.1 Å². The maximum Gasteiger partial charge on any atom is 0.256 e. The molecular formula is C27H20I2N2O2. The Labute approximate surface area is 220 Å². The largest absolute Gasteiger partial charge is 0.322 e. The summed E-state index contributed by atoms with van der Waals surface area (Å²) in [6.45, 7) is 0. The number of amides is 2. The quantitative estimate of drug-likeness (QED) is 0.220. The van der Waals surface area contributed by atoms with E-state index >= 15 is 0 Å². The molecular weight excluding hydrogens is 638 g/mol. The smallest absolute Gasteiger partial charge is 0.256 e. The van der Waals surface area contributed by atoms with Crippen LogP contribution in [0.4, 0.5) is 11.4 Å². The summed E-state index contributed by atoms with van der Waals surface area (Å²) < 4.78 is 1.84. The average Bonchev–Trinajstić information content (AvgIpc) is 2.82. The monoisotopic (exact) mass is 658 g/mol. The van der Waals surface area contributed by atoms with Crippen molar-refractivity contribution in [3.05, 3.63) is 126 Å². The van der Waals surface area contributed by atoms with Gasteiger partial charge in [0.1, 0.15) is 0 Å². The molecule has 0 aliphatic rings. The minimum absolute atomic E-state index is 0.115. The van der Waals surface area contributed by atoms with Crippen LogP contribution in [0.1, 0.15) is 31.8 Å². The van der Waals surface area contributed by atoms with Crippen LogP contribution in [-0.4, -0.2) is 11.8 Å². The summed E-state index contributed by atoms with van der Waals surface area (Å²) in [6.07, 6.45) is 0.760. The van der Waals surface area contributed by atoms with Gasteiger partial charge in [-0.15, -0.1) is 0 Å². The van der Waals surface area contributed by atoms with Crippen molar-refractivity contribution in [2.45, 2.75) is 6.42 Å². The number of benzene rings is 4. The Morgan fingerprint density at radius 2 is 0.909 bits per heavy atom. The molecule has 0 bridgehead atoms. The Hall–Kier alpha value is -2.72. The lowest BCUT2D eigenvalue weighted by Crippen LogP contribution is -2.13. The zero-order valence-corrected chi connectivity index (χ0v) is 21.8. The molecule has 4 aromatic carbocycles. The van der Waals surface area contributed by atoms with Crippen molar-refractivity contribution in [3.8, 4) is 0 Å². The summed E-state index contributed by atoms with van der Waals surface area (Å²) in [5, 5.41) is 5.90. The molecule has 164 valence electrons. The van der Waals surface area contributed by atoms with Gasteiger partial charge in [-0.3, -0.25) is 9.59 Å². The maximum atomic E-state index is 12.5. The molecule has 0 spiro atoms. The van der Waals surface area contributed by atoms with Gasteiger partial charge in [0.25, 0.3) is 11.8 Å². The van der Waals surface area contributed by atoms with Gasteiger partial charge in [0.15, 0.2) is 0 Å². The summed E-state index contributed by atoms with van der Waals surface area (Å²) in [4.78, 5) is 25.0. The molecule has 2 amide bonds. The third-order valence-corrected chi connectivity index (χ3v) is 6.95. The van der Waals surface area contributed by atoms with Gasteiger partial charge < -0.3 is 10.6 Å². The van der Waals surface area contributed by atoms with E-state index in [4.69, 9.17) is 0 Å². The number of nitrogens with one attached hydrogen (secondary N) is 2. The van der Waals surface area contributed by atoms with Crippen molar-refractivity contribution in [1.82, 2.24) is 0 Å². The number of rotatable bonds is 6. The molecule has 0 aromatic heterocycles. The molecule has 0 saturated carbocycles. The van der Waals surface area contributed by atoms with E-state index in [0.717, 1.165) is 36.1 Å².